The number of piperazine rings is 1. The molecular formula is C28H32N2O3. The van der Waals surface area contributed by atoms with E-state index in [1.54, 1.807) is 7.11 Å². The molecule has 172 valence electrons. The molecule has 5 heteroatoms. The van der Waals surface area contributed by atoms with E-state index in [-0.39, 0.29) is 11.9 Å². The number of benzene rings is 3. The molecule has 1 amide bonds. The molecule has 1 atom stereocenters. The van der Waals surface area contributed by atoms with Gasteiger partial charge in [0.25, 0.3) is 5.91 Å². The van der Waals surface area contributed by atoms with Crippen molar-refractivity contribution in [1.29, 1.82) is 0 Å². The summed E-state index contributed by atoms with van der Waals surface area (Å²) in [6, 6.07) is 28.8. The standard InChI is InChI=1S/C28H32N2O3/c1-3-26(33-25-16-14-24(32-2)15-17-25)28(31)30-20-18-29(19-21-30)27(22-10-6-4-7-11-22)23-12-8-5-9-13-23/h4-17,26-27H,3,18-21H2,1-2H3/t26-/m1/s1. The summed E-state index contributed by atoms with van der Waals surface area (Å²) >= 11 is 0. The van der Waals surface area contributed by atoms with E-state index in [2.05, 4.69) is 65.6 Å². The number of methoxy groups -OCH3 is 1. The Morgan fingerprint density at radius 1 is 0.788 bits per heavy atom. The van der Waals surface area contributed by atoms with E-state index < -0.39 is 6.10 Å². The monoisotopic (exact) mass is 444 g/mol. The highest BCUT2D eigenvalue weighted by atomic mass is 16.5. The number of ether oxygens (including phenoxy) is 2. The van der Waals surface area contributed by atoms with Crippen molar-refractivity contribution in [3.63, 3.8) is 0 Å². The molecular weight excluding hydrogens is 412 g/mol. The first kappa shape index (κ1) is 22.9. The molecule has 5 nitrogen and oxygen atoms in total. The Bertz CT molecular complexity index is 961. The van der Waals surface area contributed by atoms with Crippen LogP contribution < -0.4 is 9.47 Å². The fraction of sp³-hybridized carbons (Fsp3) is 0.321. The smallest absolute Gasteiger partial charge is 0.263 e. The van der Waals surface area contributed by atoms with Crippen molar-refractivity contribution in [3.05, 3.63) is 96.1 Å². The van der Waals surface area contributed by atoms with Crippen molar-refractivity contribution in [2.45, 2.75) is 25.5 Å². The van der Waals surface area contributed by atoms with Crippen LogP contribution in [0.4, 0.5) is 0 Å². The summed E-state index contributed by atoms with van der Waals surface area (Å²) in [6.45, 7) is 5.01. The highest BCUT2D eigenvalue weighted by Crippen LogP contribution is 2.29. The van der Waals surface area contributed by atoms with Crippen LogP contribution in [0.15, 0.2) is 84.9 Å². The third-order valence-corrected chi connectivity index (χ3v) is 6.21. The molecule has 0 aliphatic carbocycles. The maximum Gasteiger partial charge on any atom is 0.263 e. The predicted octanol–water partition coefficient (Wildman–Crippen LogP) is 4.79. The lowest BCUT2D eigenvalue weighted by atomic mass is 9.96. The number of rotatable bonds is 8. The molecule has 4 rings (SSSR count). The minimum absolute atomic E-state index is 0.0592. The van der Waals surface area contributed by atoms with Crippen molar-refractivity contribution >= 4 is 5.91 Å². The molecule has 3 aromatic rings. The third-order valence-electron chi connectivity index (χ3n) is 6.21. The fourth-order valence-electron chi connectivity index (χ4n) is 4.42. The maximum absolute atomic E-state index is 13.2. The summed E-state index contributed by atoms with van der Waals surface area (Å²) in [5.41, 5.74) is 2.55. The summed E-state index contributed by atoms with van der Waals surface area (Å²) < 4.78 is 11.2. The molecule has 0 bridgehead atoms. The van der Waals surface area contributed by atoms with Crippen LogP contribution in [0.2, 0.25) is 0 Å². The highest BCUT2D eigenvalue weighted by molar-refractivity contribution is 5.81. The molecule has 0 N–H and O–H groups in total. The topological polar surface area (TPSA) is 42.0 Å². The molecule has 1 aliphatic heterocycles. The lowest BCUT2D eigenvalue weighted by Gasteiger charge is -2.40. The molecule has 0 saturated carbocycles. The van der Waals surface area contributed by atoms with Crippen molar-refractivity contribution in [2.24, 2.45) is 0 Å². The molecule has 1 saturated heterocycles. The first-order valence-corrected chi connectivity index (χ1v) is 11.6. The molecule has 0 radical (unpaired) electrons. The first-order valence-electron chi connectivity index (χ1n) is 11.6. The van der Waals surface area contributed by atoms with E-state index in [1.807, 2.05) is 36.1 Å². The Kier molecular flexibility index (Phi) is 7.63. The van der Waals surface area contributed by atoms with Gasteiger partial charge in [-0.3, -0.25) is 9.69 Å². The molecule has 1 heterocycles. The van der Waals surface area contributed by atoms with E-state index in [4.69, 9.17) is 9.47 Å². The van der Waals surface area contributed by atoms with Crippen molar-refractivity contribution in [3.8, 4) is 11.5 Å². The zero-order valence-electron chi connectivity index (χ0n) is 19.4. The van der Waals surface area contributed by atoms with Crippen molar-refractivity contribution in [1.82, 2.24) is 9.80 Å². The normalized spacial score (nSPS) is 15.3. The van der Waals surface area contributed by atoms with Gasteiger partial charge in [-0.1, -0.05) is 67.6 Å². The van der Waals surface area contributed by atoms with Gasteiger partial charge in [0.15, 0.2) is 6.10 Å². The molecule has 1 fully saturated rings. The summed E-state index contributed by atoms with van der Waals surface area (Å²) in [4.78, 5) is 17.6. The van der Waals surface area contributed by atoms with Crippen LogP contribution in [0.25, 0.3) is 0 Å². The fourth-order valence-corrected chi connectivity index (χ4v) is 4.42. The average Bonchev–Trinajstić information content (AvgIpc) is 2.89. The Balaban J connectivity index is 1.42. The van der Waals surface area contributed by atoms with Gasteiger partial charge in [0.05, 0.1) is 13.2 Å². The molecule has 0 unspecified atom stereocenters. The van der Waals surface area contributed by atoms with Gasteiger partial charge in [0.2, 0.25) is 0 Å². The highest BCUT2D eigenvalue weighted by Gasteiger charge is 2.31. The number of carbonyl (C=O) groups excluding carboxylic acids is 1. The van der Waals surface area contributed by atoms with E-state index in [1.165, 1.54) is 11.1 Å². The Hall–Kier alpha value is -3.31. The number of nitrogens with zero attached hydrogens (tertiary/aromatic N) is 2. The number of carbonyl (C=O) groups is 1. The predicted molar refractivity (Wildman–Crippen MR) is 131 cm³/mol. The molecule has 0 aromatic heterocycles. The zero-order chi connectivity index (χ0) is 23.0. The first-order chi connectivity index (χ1) is 16.2. The van der Waals surface area contributed by atoms with Gasteiger partial charge in [0.1, 0.15) is 11.5 Å². The van der Waals surface area contributed by atoms with E-state index in [9.17, 15) is 4.79 Å². The third kappa shape index (κ3) is 5.55. The second kappa shape index (κ2) is 11.0. The maximum atomic E-state index is 13.2. The van der Waals surface area contributed by atoms with Crippen LogP contribution in [0.5, 0.6) is 11.5 Å². The lowest BCUT2D eigenvalue weighted by molar-refractivity contribution is -0.140. The van der Waals surface area contributed by atoms with Gasteiger partial charge in [-0.2, -0.15) is 0 Å². The summed E-state index contributed by atoms with van der Waals surface area (Å²) in [6.07, 6.45) is 0.144. The minimum Gasteiger partial charge on any atom is -0.497 e. The van der Waals surface area contributed by atoms with Gasteiger partial charge in [-0.15, -0.1) is 0 Å². The van der Waals surface area contributed by atoms with E-state index >= 15 is 0 Å². The Labute approximate surface area is 196 Å². The van der Waals surface area contributed by atoms with Crippen LogP contribution in [-0.2, 0) is 4.79 Å². The van der Waals surface area contributed by atoms with Gasteiger partial charge in [0, 0.05) is 26.2 Å². The van der Waals surface area contributed by atoms with Gasteiger partial charge in [-0.25, -0.2) is 0 Å². The van der Waals surface area contributed by atoms with Crippen LogP contribution in [0.3, 0.4) is 0 Å². The van der Waals surface area contributed by atoms with E-state index in [0.29, 0.717) is 25.3 Å². The van der Waals surface area contributed by atoms with Gasteiger partial charge in [-0.05, 0) is 41.8 Å². The van der Waals surface area contributed by atoms with Crippen LogP contribution >= 0.6 is 0 Å². The van der Waals surface area contributed by atoms with Gasteiger partial charge < -0.3 is 14.4 Å². The second-order valence-electron chi connectivity index (χ2n) is 8.28. The number of hydrogen-bond donors (Lipinski definition) is 0. The van der Waals surface area contributed by atoms with Gasteiger partial charge >= 0.3 is 0 Å². The Morgan fingerprint density at radius 2 is 1.30 bits per heavy atom. The molecule has 1 aliphatic rings. The van der Waals surface area contributed by atoms with Crippen molar-refractivity contribution in [2.75, 3.05) is 33.3 Å². The van der Waals surface area contributed by atoms with Crippen LogP contribution in [0, 0.1) is 0 Å². The summed E-state index contributed by atoms with van der Waals surface area (Å²) in [5, 5.41) is 0. The minimum atomic E-state index is -0.482. The molecule has 33 heavy (non-hydrogen) atoms. The largest absolute Gasteiger partial charge is 0.497 e. The summed E-state index contributed by atoms with van der Waals surface area (Å²) in [5.74, 6) is 1.51. The molecule has 0 spiro atoms. The quantitative estimate of drug-likeness (QED) is 0.501. The lowest BCUT2D eigenvalue weighted by Crippen LogP contribution is -2.53. The van der Waals surface area contributed by atoms with Crippen molar-refractivity contribution < 1.29 is 14.3 Å². The summed E-state index contributed by atoms with van der Waals surface area (Å²) in [7, 11) is 1.63. The zero-order valence-corrected chi connectivity index (χ0v) is 19.4. The van der Waals surface area contributed by atoms with Crippen LogP contribution in [0.1, 0.15) is 30.5 Å². The van der Waals surface area contributed by atoms with E-state index in [0.717, 1.165) is 18.8 Å². The Morgan fingerprint density at radius 3 is 1.79 bits per heavy atom. The number of amides is 1. The SMILES string of the molecule is CC[C@@H](Oc1ccc(OC)cc1)C(=O)N1CCN(C(c2ccccc2)c2ccccc2)CC1. The number of hydrogen-bond acceptors (Lipinski definition) is 4. The molecule has 3 aromatic carbocycles. The second-order valence-corrected chi connectivity index (χ2v) is 8.28. The average molecular weight is 445 g/mol. The van der Waals surface area contributed by atoms with Crippen LogP contribution in [-0.4, -0.2) is 55.1 Å².